The molecule has 1 nitrogen and oxygen atoms in total. The third-order valence-corrected chi connectivity index (χ3v) is 15.3. The molecule has 0 saturated heterocycles. The van der Waals surface area contributed by atoms with E-state index in [4.69, 9.17) is 0 Å². The Hall–Kier alpha value is -1.37. The lowest BCUT2D eigenvalue weighted by atomic mass is 9.33. The van der Waals surface area contributed by atoms with Gasteiger partial charge in [-0.25, -0.2) is 0 Å². The van der Waals surface area contributed by atoms with Gasteiger partial charge >= 0.3 is 0 Å². The van der Waals surface area contributed by atoms with Gasteiger partial charge in [-0.2, -0.15) is 0 Å². The third kappa shape index (κ3) is 4.47. The molecule has 228 valence electrons. The van der Waals surface area contributed by atoms with Crippen molar-refractivity contribution in [2.24, 2.45) is 56.2 Å². The molecule has 0 spiro atoms. The second-order valence-electron chi connectivity index (χ2n) is 18.0. The lowest BCUT2D eigenvalue weighted by Crippen LogP contribution is -2.66. The van der Waals surface area contributed by atoms with Crippen LogP contribution in [0.15, 0.2) is 48.1 Å². The van der Waals surface area contributed by atoms with Gasteiger partial charge in [0.15, 0.2) is 5.78 Å². The Labute approximate surface area is 253 Å². The zero-order valence-electron chi connectivity index (χ0n) is 28.4. The molecule has 9 atom stereocenters. The van der Waals surface area contributed by atoms with Gasteiger partial charge in [-0.15, -0.1) is 6.58 Å². The number of allylic oxidation sites excluding steroid dienone is 5. The minimum atomic E-state index is 0.0336. The molecular weight excluding hydrogens is 496 g/mol. The largest absolute Gasteiger partial charge is 0.295 e. The summed E-state index contributed by atoms with van der Waals surface area (Å²) in [7, 11) is 0. The molecule has 4 saturated carbocycles. The smallest absolute Gasteiger partial charge is 0.159 e. The molecule has 0 aromatic heterocycles. The monoisotopic (exact) mass is 558 g/mol. The maximum atomic E-state index is 14.7. The Kier molecular flexibility index (Phi) is 7.44. The zero-order valence-corrected chi connectivity index (χ0v) is 28.4. The Morgan fingerprint density at radius 2 is 1.51 bits per heavy atom. The van der Waals surface area contributed by atoms with Crippen LogP contribution in [-0.4, -0.2) is 5.78 Å². The van der Waals surface area contributed by atoms with Crippen LogP contribution in [0.2, 0.25) is 0 Å². The van der Waals surface area contributed by atoms with E-state index in [0.717, 1.165) is 25.7 Å². The molecule has 1 heteroatoms. The van der Waals surface area contributed by atoms with Gasteiger partial charge in [-0.05, 0) is 147 Å². The number of ketones is 1. The quantitative estimate of drug-likeness (QED) is 0.296. The first kappa shape index (κ1) is 31.1. The van der Waals surface area contributed by atoms with Crippen LogP contribution in [0, 0.1) is 56.2 Å². The predicted octanol–water partition coefficient (Wildman–Crippen LogP) is 11.5. The number of fused-ring (bicyclic) bond motifs is 7. The lowest BCUT2D eigenvalue weighted by molar-refractivity contribution is -0.193. The summed E-state index contributed by atoms with van der Waals surface area (Å²) in [6.07, 6.45) is 16.6. The highest BCUT2D eigenvalue weighted by atomic mass is 16.1. The second kappa shape index (κ2) is 9.82. The number of hydrogen-bond acceptors (Lipinski definition) is 1. The fourth-order valence-corrected chi connectivity index (χ4v) is 11.9. The van der Waals surface area contributed by atoms with E-state index < -0.39 is 0 Å². The number of carbonyl (C=O) groups excluding carboxylic acids is 1. The van der Waals surface area contributed by atoms with Crippen molar-refractivity contribution in [3.8, 4) is 0 Å². The van der Waals surface area contributed by atoms with Crippen molar-refractivity contribution >= 4 is 5.78 Å². The summed E-state index contributed by atoms with van der Waals surface area (Å²) in [4.78, 5) is 14.7. The third-order valence-electron chi connectivity index (χ3n) is 15.3. The molecule has 5 aliphatic rings. The van der Waals surface area contributed by atoms with Crippen LogP contribution in [0.3, 0.4) is 0 Å². The Morgan fingerprint density at radius 1 is 0.854 bits per heavy atom. The van der Waals surface area contributed by atoms with E-state index in [1.807, 2.05) is 0 Å². The van der Waals surface area contributed by atoms with E-state index >= 15 is 0 Å². The van der Waals surface area contributed by atoms with E-state index in [1.165, 1.54) is 73.7 Å². The molecule has 41 heavy (non-hydrogen) atoms. The number of carbonyl (C=O) groups is 1. The molecule has 0 aromatic carbocycles. The molecule has 2 unspecified atom stereocenters. The van der Waals surface area contributed by atoms with Gasteiger partial charge in [0.25, 0.3) is 0 Å². The first-order valence-corrected chi connectivity index (χ1v) is 17.1. The molecule has 0 heterocycles. The van der Waals surface area contributed by atoms with Gasteiger partial charge in [0.1, 0.15) is 0 Å². The van der Waals surface area contributed by atoms with Crippen LogP contribution >= 0.6 is 0 Å². The molecular formula is C40H62O. The first-order valence-electron chi connectivity index (χ1n) is 17.1. The molecule has 0 aliphatic heterocycles. The van der Waals surface area contributed by atoms with Crippen molar-refractivity contribution in [3.63, 3.8) is 0 Å². The minimum absolute atomic E-state index is 0.0336. The highest BCUT2D eigenvalue weighted by Gasteiger charge is 2.70. The SMILES string of the molecule is C=C(C)CCC(=C)C[C@H]1CC[C@@]2(C)C(CC[C@]3(C)C2C(=O)C=C2[C@@H]4C[C@@](C)(C(=C)C)CC[C@]4(C)CC[C@]23C)C1(C)C. The van der Waals surface area contributed by atoms with E-state index in [2.05, 4.69) is 88.1 Å². The fraction of sp³-hybridized carbons (Fsp3) is 0.775. The summed E-state index contributed by atoms with van der Waals surface area (Å²) in [5, 5.41) is 0. The Bertz CT molecular complexity index is 1180. The van der Waals surface area contributed by atoms with Crippen molar-refractivity contribution in [2.75, 3.05) is 0 Å². The topological polar surface area (TPSA) is 17.1 Å². The molecule has 0 aromatic rings. The van der Waals surface area contributed by atoms with Crippen molar-refractivity contribution in [3.05, 3.63) is 48.1 Å². The molecule has 0 amide bonds. The molecule has 0 radical (unpaired) electrons. The maximum absolute atomic E-state index is 14.7. The molecule has 4 fully saturated rings. The van der Waals surface area contributed by atoms with Crippen LogP contribution in [0.25, 0.3) is 0 Å². The van der Waals surface area contributed by atoms with Crippen molar-refractivity contribution < 1.29 is 4.79 Å². The number of hydrogen-bond donors (Lipinski definition) is 0. The van der Waals surface area contributed by atoms with Gasteiger partial charge in [0.2, 0.25) is 0 Å². The van der Waals surface area contributed by atoms with Crippen LogP contribution in [0.5, 0.6) is 0 Å². The highest BCUT2D eigenvalue weighted by molar-refractivity contribution is 5.95. The summed E-state index contributed by atoms with van der Waals surface area (Å²) >= 11 is 0. The van der Waals surface area contributed by atoms with Crippen molar-refractivity contribution in [1.82, 2.24) is 0 Å². The first-order chi connectivity index (χ1) is 18.8. The summed E-state index contributed by atoms with van der Waals surface area (Å²) in [5.74, 6) is 2.34. The fourth-order valence-electron chi connectivity index (χ4n) is 11.9. The van der Waals surface area contributed by atoms with Gasteiger partial charge in [-0.3, -0.25) is 4.79 Å². The zero-order chi connectivity index (χ0) is 30.4. The summed E-state index contributed by atoms with van der Waals surface area (Å²) in [6, 6.07) is 0. The van der Waals surface area contributed by atoms with Crippen LogP contribution in [-0.2, 0) is 4.79 Å². The van der Waals surface area contributed by atoms with E-state index in [9.17, 15) is 4.79 Å². The predicted molar refractivity (Wildman–Crippen MR) is 176 cm³/mol. The van der Waals surface area contributed by atoms with Crippen LogP contribution < -0.4 is 0 Å². The van der Waals surface area contributed by atoms with E-state index in [1.54, 1.807) is 0 Å². The van der Waals surface area contributed by atoms with Crippen LogP contribution in [0.4, 0.5) is 0 Å². The minimum Gasteiger partial charge on any atom is -0.295 e. The highest BCUT2D eigenvalue weighted by Crippen LogP contribution is 2.75. The van der Waals surface area contributed by atoms with Crippen molar-refractivity contribution in [1.29, 1.82) is 0 Å². The average molecular weight is 559 g/mol. The van der Waals surface area contributed by atoms with Crippen LogP contribution in [0.1, 0.15) is 139 Å². The molecule has 0 N–H and O–H groups in total. The Balaban J connectivity index is 1.49. The molecule has 5 rings (SSSR count). The normalized spacial score (nSPS) is 46.8. The van der Waals surface area contributed by atoms with E-state index in [0.29, 0.717) is 29.0 Å². The van der Waals surface area contributed by atoms with Gasteiger partial charge in [-0.1, -0.05) is 83.9 Å². The number of rotatable bonds is 6. The van der Waals surface area contributed by atoms with Gasteiger partial charge in [0.05, 0.1) is 0 Å². The summed E-state index contributed by atoms with van der Waals surface area (Å²) < 4.78 is 0. The summed E-state index contributed by atoms with van der Waals surface area (Å²) in [6.45, 7) is 35.2. The van der Waals surface area contributed by atoms with Crippen molar-refractivity contribution in [2.45, 2.75) is 139 Å². The standard InChI is InChI=1S/C40H62O/c1-26(2)13-14-28(5)23-29-15-17-38(10)33(35(29,6)7)16-18-40(12)34(38)32(41)24-30-31-25-37(9,27(3)4)20-19-36(31,8)21-22-39(30,40)11/h24,29,31,33-34H,1,3,5,13-23,25H2,2,4,6-12H3/t29-,31+,33?,34?,36-,37+,38+,39-,40-/m1/s1. The summed E-state index contributed by atoms with van der Waals surface area (Å²) in [5.41, 5.74) is 6.42. The Morgan fingerprint density at radius 3 is 2.15 bits per heavy atom. The van der Waals surface area contributed by atoms with Gasteiger partial charge in [0, 0.05) is 5.92 Å². The second-order valence-corrected chi connectivity index (χ2v) is 18.0. The van der Waals surface area contributed by atoms with Gasteiger partial charge < -0.3 is 0 Å². The molecule has 0 bridgehead atoms. The lowest BCUT2D eigenvalue weighted by Gasteiger charge is -2.71. The average Bonchev–Trinajstić information content (AvgIpc) is 2.86. The maximum Gasteiger partial charge on any atom is 0.159 e. The van der Waals surface area contributed by atoms with E-state index in [-0.39, 0.29) is 33.0 Å². The molecule has 5 aliphatic carbocycles.